The van der Waals surface area contributed by atoms with Crippen LogP contribution in [0.2, 0.25) is 0 Å². The summed E-state index contributed by atoms with van der Waals surface area (Å²) in [6, 6.07) is 3.64. The Morgan fingerprint density at radius 3 is 2.76 bits per heavy atom. The second kappa shape index (κ2) is 5.14. The Labute approximate surface area is 99.6 Å². The summed E-state index contributed by atoms with van der Waals surface area (Å²) < 4.78 is 13.0. The molecule has 0 saturated carbocycles. The largest absolute Gasteiger partial charge is 0.398 e. The number of anilines is 1. The number of hydrogen-bond donors (Lipinski definition) is 3. The van der Waals surface area contributed by atoms with Gasteiger partial charge in [0.1, 0.15) is 5.82 Å². The number of nitrogen functional groups attached to an aromatic ring is 1. The van der Waals surface area contributed by atoms with E-state index in [0.29, 0.717) is 0 Å². The van der Waals surface area contributed by atoms with Gasteiger partial charge in [0, 0.05) is 24.3 Å². The number of amides is 1. The van der Waals surface area contributed by atoms with Crippen LogP contribution in [0.25, 0.3) is 0 Å². The summed E-state index contributed by atoms with van der Waals surface area (Å²) in [6.07, 6.45) is 0. The van der Waals surface area contributed by atoms with Crippen LogP contribution in [-0.2, 0) is 0 Å². The van der Waals surface area contributed by atoms with Gasteiger partial charge in [0.05, 0.1) is 5.56 Å². The summed E-state index contributed by atoms with van der Waals surface area (Å²) in [4.78, 5) is 11.7. The van der Waals surface area contributed by atoms with E-state index in [-0.39, 0.29) is 24.4 Å². The number of halogens is 1. The quantitative estimate of drug-likeness (QED) is 0.691. The van der Waals surface area contributed by atoms with Gasteiger partial charge in [-0.1, -0.05) is 13.8 Å². The molecule has 0 atom stereocenters. The number of benzene rings is 1. The van der Waals surface area contributed by atoms with Crippen molar-refractivity contribution in [1.29, 1.82) is 0 Å². The fourth-order valence-corrected chi connectivity index (χ4v) is 1.20. The first-order valence-corrected chi connectivity index (χ1v) is 5.30. The predicted molar refractivity (Wildman–Crippen MR) is 64.0 cm³/mol. The minimum absolute atomic E-state index is 0.0497. The Hall–Kier alpha value is -1.62. The molecule has 1 rings (SSSR count). The Kier molecular flexibility index (Phi) is 4.07. The molecule has 0 aliphatic heterocycles. The lowest BCUT2D eigenvalue weighted by atomic mass is 9.95. The molecule has 4 nitrogen and oxygen atoms in total. The van der Waals surface area contributed by atoms with Crippen LogP contribution in [-0.4, -0.2) is 24.2 Å². The zero-order valence-electron chi connectivity index (χ0n) is 9.96. The zero-order chi connectivity index (χ0) is 13.1. The number of aliphatic hydroxyl groups excluding tert-OH is 1. The van der Waals surface area contributed by atoms with Crippen LogP contribution in [0, 0.1) is 11.2 Å². The number of carbonyl (C=O) groups excluding carboxylic acids is 1. The first kappa shape index (κ1) is 13.4. The number of hydrogen-bond acceptors (Lipinski definition) is 3. The normalized spacial score (nSPS) is 11.3. The van der Waals surface area contributed by atoms with Crippen LogP contribution in [0.15, 0.2) is 18.2 Å². The molecule has 94 valence electrons. The molecule has 0 radical (unpaired) electrons. The molecule has 5 heteroatoms. The molecule has 0 aliphatic carbocycles. The minimum Gasteiger partial charge on any atom is -0.398 e. The highest BCUT2D eigenvalue weighted by Crippen LogP contribution is 2.15. The Balaban J connectivity index is 2.74. The van der Waals surface area contributed by atoms with Crippen LogP contribution in [0.3, 0.4) is 0 Å². The summed E-state index contributed by atoms with van der Waals surface area (Å²) in [5, 5.41) is 11.7. The van der Waals surface area contributed by atoms with E-state index in [9.17, 15) is 9.18 Å². The monoisotopic (exact) mass is 240 g/mol. The highest BCUT2D eigenvalue weighted by Gasteiger charge is 2.19. The van der Waals surface area contributed by atoms with Crippen LogP contribution in [0.4, 0.5) is 10.1 Å². The lowest BCUT2D eigenvalue weighted by Crippen LogP contribution is -2.36. The minimum atomic E-state index is -0.509. The van der Waals surface area contributed by atoms with Crippen LogP contribution in [0.5, 0.6) is 0 Å². The molecular formula is C12H17FN2O2. The maximum Gasteiger partial charge on any atom is 0.253 e. The number of aliphatic hydroxyl groups is 1. The van der Waals surface area contributed by atoms with Crippen molar-refractivity contribution in [2.45, 2.75) is 13.8 Å². The van der Waals surface area contributed by atoms with Gasteiger partial charge in [-0.3, -0.25) is 4.79 Å². The van der Waals surface area contributed by atoms with E-state index in [2.05, 4.69) is 5.32 Å². The van der Waals surface area contributed by atoms with E-state index in [1.54, 1.807) is 0 Å². The van der Waals surface area contributed by atoms with Crippen molar-refractivity contribution in [1.82, 2.24) is 5.32 Å². The van der Waals surface area contributed by atoms with Gasteiger partial charge in [-0.25, -0.2) is 4.39 Å². The summed E-state index contributed by atoms with van der Waals surface area (Å²) in [5.74, 6) is -0.950. The lowest BCUT2D eigenvalue weighted by Gasteiger charge is -2.22. The zero-order valence-corrected chi connectivity index (χ0v) is 9.96. The van der Waals surface area contributed by atoms with E-state index in [0.717, 1.165) is 6.07 Å². The van der Waals surface area contributed by atoms with Crippen molar-refractivity contribution >= 4 is 11.6 Å². The Bertz CT molecular complexity index is 419. The predicted octanol–water partition coefficient (Wildman–Crippen LogP) is 1.16. The molecule has 0 aliphatic rings. The van der Waals surface area contributed by atoms with E-state index in [4.69, 9.17) is 10.8 Å². The fourth-order valence-electron chi connectivity index (χ4n) is 1.20. The third kappa shape index (κ3) is 3.71. The summed E-state index contributed by atoms with van der Waals surface area (Å²) in [6.45, 7) is 3.86. The van der Waals surface area contributed by atoms with Gasteiger partial charge in [0.25, 0.3) is 5.91 Å². The molecule has 0 fully saturated rings. The van der Waals surface area contributed by atoms with Crippen LogP contribution in [0.1, 0.15) is 24.2 Å². The molecule has 0 aromatic heterocycles. The SMILES string of the molecule is CC(C)(CO)CNC(=O)c1cc(F)ccc1N. The third-order valence-electron chi connectivity index (χ3n) is 2.42. The second-order valence-electron chi connectivity index (χ2n) is 4.74. The molecule has 1 aromatic rings. The van der Waals surface area contributed by atoms with E-state index in [1.807, 2.05) is 13.8 Å². The molecule has 0 unspecified atom stereocenters. The van der Waals surface area contributed by atoms with Crippen LogP contribution >= 0.6 is 0 Å². The van der Waals surface area contributed by atoms with Crippen molar-refractivity contribution in [3.63, 3.8) is 0 Å². The van der Waals surface area contributed by atoms with Crippen molar-refractivity contribution < 1.29 is 14.3 Å². The van der Waals surface area contributed by atoms with Crippen molar-refractivity contribution in [3.8, 4) is 0 Å². The lowest BCUT2D eigenvalue weighted by molar-refractivity contribution is 0.0911. The highest BCUT2D eigenvalue weighted by atomic mass is 19.1. The van der Waals surface area contributed by atoms with E-state index in [1.165, 1.54) is 12.1 Å². The Morgan fingerprint density at radius 1 is 1.53 bits per heavy atom. The summed E-state index contributed by atoms with van der Waals surface area (Å²) >= 11 is 0. The average Bonchev–Trinajstić information content (AvgIpc) is 2.29. The molecule has 0 heterocycles. The molecule has 0 saturated heterocycles. The van der Waals surface area contributed by atoms with Gasteiger partial charge in [-0.2, -0.15) is 0 Å². The number of carbonyl (C=O) groups is 1. The third-order valence-corrected chi connectivity index (χ3v) is 2.42. The summed E-state index contributed by atoms with van der Waals surface area (Å²) in [5.41, 5.74) is 5.50. The first-order chi connectivity index (χ1) is 7.85. The Morgan fingerprint density at radius 2 is 2.18 bits per heavy atom. The van der Waals surface area contributed by atoms with Gasteiger partial charge >= 0.3 is 0 Å². The van der Waals surface area contributed by atoms with Crippen molar-refractivity contribution in [3.05, 3.63) is 29.6 Å². The van der Waals surface area contributed by atoms with Gasteiger partial charge in [0.2, 0.25) is 0 Å². The topological polar surface area (TPSA) is 75.3 Å². The van der Waals surface area contributed by atoms with E-state index < -0.39 is 17.1 Å². The molecule has 0 spiro atoms. The molecule has 1 amide bonds. The van der Waals surface area contributed by atoms with E-state index >= 15 is 0 Å². The number of nitrogens with two attached hydrogens (primary N) is 1. The average molecular weight is 240 g/mol. The molecule has 17 heavy (non-hydrogen) atoms. The smallest absolute Gasteiger partial charge is 0.253 e. The fraction of sp³-hybridized carbons (Fsp3) is 0.417. The van der Waals surface area contributed by atoms with Gasteiger partial charge < -0.3 is 16.2 Å². The maximum absolute atomic E-state index is 13.0. The molecular weight excluding hydrogens is 223 g/mol. The standard InChI is InChI=1S/C12H17FN2O2/c1-12(2,7-16)6-15-11(17)9-5-8(13)3-4-10(9)14/h3-5,16H,6-7,14H2,1-2H3,(H,15,17). The van der Waals surface area contributed by atoms with Crippen molar-refractivity contribution in [2.24, 2.45) is 5.41 Å². The van der Waals surface area contributed by atoms with Crippen LogP contribution < -0.4 is 11.1 Å². The van der Waals surface area contributed by atoms with Gasteiger partial charge in [-0.15, -0.1) is 0 Å². The molecule has 1 aromatic carbocycles. The summed E-state index contributed by atoms with van der Waals surface area (Å²) in [7, 11) is 0. The number of rotatable bonds is 4. The molecule has 4 N–H and O–H groups in total. The second-order valence-corrected chi connectivity index (χ2v) is 4.74. The highest BCUT2D eigenvalue weighted by molar-refractivity contribution is 5.99. The van der Waals surface area contributed by atoms with Crippen molar-refractivity contribution in [2.75, 3.05) is 18.9 Å². The van der Waals surface area contributed by atoms with Gasteiger partial charge in [0.15, 0.2) is 0 Å². The maximum atomic E-state index is 13.0. The first-order valence-electron chi connectivity index (χ1n) is 5.30. The number of nitrogens with one attached hydrogen (secondary N) is 1. The molecule has 0 bridgehead atoms. The van der Waals surface area contributed by atoms with Gasteiger partial charge in [-0.05, 0) is 18.2 Å².